The molecule has 2 aromatic carbocycles. The Hall–Kier alpha value is -0.640. The number of nitrogens with one attached hydrogen (secondary N) is 1. The molecule has 1 unspecified atom stereocenters. The van der Waals surface area contributed by atoms with Crippen molar-refractivity contribution in [1.82, 2.24) is 5.32 Å². The summed E-state index contributed by atoms with van der Waals surface area (Å²) in [6, 6.07) is 15.2. The van der Waals surface area contributed by atoms with E-state index >= 15 is 0 Å². The molecule has 1 nitrogen and oxygen atoms in total. The first-order chi connectivity index (χ1) is 9.63. The summed E-state index contributed by atoms with van der Waals surface area (Å²) in [5.41, 5.74) is 4.00. The van der Waals surface area contributed by atoms with Crippen LogP contribution < -0.4 is 5.32 Å². The fourth-order valence-electron chi connectivity index (χ4n) is 2.42. The van der Waals surface area contributed by atoms with E-state index in [0.29, 0.717) is 6.04 Å². The van der Waals surface area contributed by atoms with Crippen molar-refractivity contribution in [3.8, 4) is 0 Å². The van der Waals surface area contributed by atoms with Gasteiger partial charge in [0.25, 0.3) is 0 Å². The minimum Gasteiger partial charge on any atom is -0.310 e. The van der Waals surface area contributed by atoms with Crippen molar-refractivity contribution < 1.29 is 0 Å². The Labute approximate surface area is 138 Å². The summed E-state index contributed by atoms with van der Waals surface area (Å²) >= 11 is 7.27. The van der Waals surface area contributed by atoms with Crippen LogP contribution in [0.3, 0.4) is 0 Å². The topological polar surface area (TPSA) is 12.0 Å². The maximum Gasteiger partial charge on any atom is 0.0364 e. The highest BCUT2D eigenvalue weighted by Crippen LogP contribution is 2.28. The summed E-state index contributed by atoms with van der Waals surface area (Å²) in [4.78, 5) is 0. The van der Waals surface area contributed by atoms with E-state index < -0.39 is 0 Å². The second kappa shape index (κ2) is 7.39. The third-order valence-electron chi connectivity index (χ3n) is 3.52. The molecule has 0 saturated heterocycles. The van der Waals surface area contributed by atoms with Gasteiger partial charge in [-0.2, -0.15) is 0 Å². The smallest absolute Gasteiger partial charge is 0.0364 e. The second-order valence-corrected chi connectivity index (χ2v) is 6.57. The van der Waals surface area contributed by atoms with Crippen LogP contribution in [0.1, 0.15) is 29.7 Å². The molecule has 1 atom stereocenters. The van der Waals surface area contributed by atoms with Crippen LogP contribution in [-0.2, 0) is 6.42 Å². The molecule has 2 aromatic rings. The van der Waals surface area contributed by atoms with Gasteiger partial charge in [0.05, 0.1) is 0 Å². The molecule has 0 aliphatic rings. The normalized spacial score (nSPS) is 12.4. The highest BCUT2D eigenvalue weighted by atomic mass is 79.9. The fourth-order valence-corrected chi connectivity index (χ4v) is 3.25. The largest absolute Gasteiger partial charge is 0.310 e. The predicted octanol–water partition coefficient (Wildman–Crippen LogP) is 5.41. The van der Waals surface area contributed by atoms with Gasteiger partial charge in [0.1, 0.15) is 0 Å². The zero-order valence-corrected chi connectivity index (χ0v) is 15.0. The highest BCUT2D eigenvalue weighted by molar-refractivity contribution is 9.10. The Morgan fingerprint density at radius 2 is 1.70 bits per heavy atom. The van der Waals surface area contributed by atoms with Crippen LogP contribution in [0, 0.1) is 6.92 Å². The molecule has 106 valence electrons. The lowest BCUT2D eigenvalue weighted by atomic mass is 9.95. The van der Waals surface area contributed by atoms with E-state index in [4.69, 9.17) is 0 Å². The molecule has 0 radical (unpaired) electrons. The molecule has 3 heteroatoms. The standard InChI is InChI=1S/C17H19Br2N/c1-3-20-17(11-13-7-4-5-9-16(13)19)14-8-6-10-15(18)12(14)2/h4-10,17,20H,3,11H2,1-2H3. The second-order valence-electron chi connectivity index (χ2n) is 4.86. The van der Waals surface area contributed by atoms with Crippen molar-refractivity contribution in [1.29, 1.82) is 0 Å². The number of rotatable bonds is 5. The van der Waals surface area contributed by atoms with Crippen LogP contribution in [0.4, 0.5) is 0 Å². The minimum absolute atomic E-state index is 0.330. The summed E-state index contributed by atoms with van der Waals surface area (Å²) in [5, 5.41) is 3.60. The van der Waals surface area contributed by atoms with Crippen molar-refractivity contribution >= 4 is 31.9 Å². The van der Waals surface area contributed by atoms with Gasteiger partial charge in [-0.25, -0.2) is 0 Å². The molecule has 0 aliphatic heterocycles. The number of hydrogen-bond acceptors (Lipinski definition) is 1. The lowest BCUT2D eigenvalue weighted by Crippen LogP contribution is -2.24. The van der Waals surface area contributed by atoms with Crippen LogP contribution in [0.5, 0.6) is 0 Å². The van der Waals surface area contributed by atoms with E-state index in [1.165, 1.54) is 25.6 Å². The minimum atomic E-state index is 0.330. The van der Waals surface area contributed by atoms with Gasteiger partial charge in [0.15, 0.2) is 0 Å². The molecule has 0 aromatic heterocycles. The molecule has 0 fully saturated rings. The molecule has 1 N–H and O–H groups in total. The van der Waals surface area contributed by atoms with Gasteiger partial charge in [-0.1, -0.05) is 69.1 Å². The Kier molecular flexibility index (Phi) is 5.82. The third kappa shape index (κ3) is 3.72. The van der Waals surface area contributed by atoms with Gasteiger partial charge in [0.2, 0.25) is 0 Å². The SMILES string of the molecule is CCNC(Cc1ccccc1Br)c1cccc(Br)c1C. The first kappa shape index (κ1) is 15.7. The van der Waals surface area contributed by atoms with Crippen molar-refractivity contribution in [2.75, 3.05) is 6.54 Å². The van der Waals surface area contributed by atoms with Crippen LogP contribution in [0.2, 0.25) is 0 Å². The zero-order chi connectivity index (χ0) is 14.5. The van der Waals surface area contributed by atoms with Gasteiger partial charge in [0, 0.05) is 15.0 Å². The van der Waals surface area contributed by atoms with Crippen molar-refractivity contribution in [2.45, 2.75) is 26.3 Å². The van der Waals surface area contributed by atoms with E-state index in [2.05, 4.69) is 93.5 Å². The molecule has 0 heterocycles. The molecule has 0 bridgehead atoms. The van der Waals surface area contributed by atoms with Gasteiger partial charge >= 0.3 is 0 Å². The van der Waals surface area contributed by atoms with E-state index in [9.17, 15) is 0 Å². The predicted molar refractivity (Wildman–Crippen MR) is 93.1 cm³/mol. The van der Waals surface area contributed by atoms with E-state index in [1.54, 1.807) is 0 Å². The summed E-state index contributed by atoms with van der Waals surface area (Å²) in [7, 11) is 0. The van der Waals surface area contributed by atoms with Gasteiger partial charge in [-0.3, -0.25) is 0 Å². The number of likely N-dealkylation sites (N-methyl/N-ethyl adjacent to an activating group) is 1. The molecule has 2 rings (SSSR count). The van der Waals surface area contributed by atoms with E-state index in [-0.39, 0.29) is 0 Å². The maximum atomic E-state index is 3.64. The number of benzene rings is 2. The first-order valence-corrected chi connectivity index (χ1v) is 8.44. The van der Waals surface area contributed by atoms with Gasteiger partial charge < -0.3 is 5.32 Å². The Morgan fingerprint density at radius 3 is 2.40 bits per heavy atom. The quantitative estimate of drug-likeness (QED) is 0.711. The lowest BCUT2D eigenvalue weighted by Gasteiger charge is -2.21. The molecular formula is C17H19Br2N. The Morgan fingerprint density at radius 1 is 1.00 bits per heavy atom. The average Bonchev–Trinajstić information content (AvgIpc) is 2.44. The van der Waals surface area contributed by atoms with Crippen molar-refractivity contribution in [2.24, 2.45) is 0 Å². The lowest BCUT2D eigenvalue weighted by molar-refractivity contribution is 0.546. The Bertz CT molecular complexity index is 581. The van der Waals surface area contributed by atoms with Crippen molar-refractivity contribution in [3.63, 3.8) is 0 Å². The zero-order valence-electron chi connectivity index (χ0n) is 11.8. The maximum absolute atomic E-state index is 3.64. The van der Waals surface area contributed by atoms with Crippen LogP contribution in [0.15, 0.2) is 51.4 Å². The van der Waals surface area contributed by atoms with Gasteiger partial charge in [-0.15, -0.1) is 0 Å². The van der Waals surface area contributed by atoms with E-state index in [1.807, 2.05) is 0 Å². The first-order valence-electron chi connectivity index (χ1n) is 6.85. The summed E-state index contributed by atoms with van der Waals surface area (Å²) < 4.78 is 2.35. The number of hydrogen-bond donors (Lipinski definition) is 1. The van der Waals surface area contributed by atoms with Crippen LogP contribution in [0.25, 0.3) is 0 Å². The van der Waals surface area contributed by atoms with Crippen LogP contribution in [-0.4, -0.2) is 6.54 Å². The molecule has 0 aliphatic carbocycles. The molecule has 0 amide bonds. The fraction of sp³-hybridized carbons (Fsp3) is 0.294. The molecule has 20 heavy (non-hydrogen) atoms. The van der Waals surface area contributed by atoms with Gasteiger partial charge in [-0.05, 0) is 48.7 Å². The Balaban J connectivity index is 2.32. The van der Waals surface area contributed by atoms with Crippen LogP contribution >= 0.6 is 31.9 Å². The summed E-state index contributed by atoms with van der Waals surface area (Å²) in [5.74, 6) is 0. The summed E-state index contributed by atoms with van der Waals surface area (Å²) in [6.45, 7) is 5.28. The highest BCUT2D eigenvalue weighted by Gasteiger charge is 2.15. The third-order valence-corrected chi connectivity index (χ3v) is 5.15. The van der Waals surface area contributed by atoms with E-state index in [0.717, 1.165) is 13.0 Å². The molecule has 0 saturated carbocycles. The monoisotopic (exact) mass is 395 g/mol. The average molecular weight is 397 g/mol. The molecule has 0 spiro atoms. The molecular weight excluding hydrogens is 378 g/mol. The van der Waals surface area contributed by atoms with Crippen molar-refractivity contribution in [3.05, 3.63) is 68.1 Å². The number of halogens is 2. The summed E-state index contributed by atoms with van der Waals surface area (Å²) in [6.07, 6.45) is 0.979.